The van der Waals surface area contributed by atoms with Crippen LogP contribution in [0.5, 0.6) is 0 Å². The van der Waals surface area contributed by atoms with Gasteiger partial charge in [0.15, 0.2) is 0 Å². The molecule has 6 atom stereocenters. The summed E-state index contributed by atoms with van der Waals surface area (Å²) in [6, 6.07) is 0. The number of carbonyl (C=O) groups excluding carboxylic acids is 3. The Labute approximate surface area is 201 Å². The molecule has 188 valence electrons. The van der Waals surface area contributed by atoms with Crippen LogP contribution in [0.3, 0.4) is 0 Å². The quantitative estimate of drug-likeness (QED) is 0.244. The molecule has 8 nitrogen and oxygen atoms in total. The monoisotopic (exact) mass is 476 g/mol. The van der Waals surface area contributed by atoms with E-state index in [9.17, 15) is 14.4 Å². The summed E-state index contributed by atoms with van der Waals surface area (Å²) in [6.45, 7) is 14.4. The molecule has 34 heavy (non-hydrogen) atoms. The summed E-state index contributed by atoms with van der Waals surface area (Å²) in [5.74, 6) is -1.79. The lowest BCUT2D eigenvalue weighted by Gasteiger charge is -2.40. The van der Waals surface area contributed by atoms with Crippen molar-refractivity contribution >= 4 is 17.9 Å². The molecular formula is C26H36O8. The van der Waals surface area contributed by atoms with Crippen LogP contribution in [0.4, 0.5) is 0 Å². The van der Waals surface area contributed by atoms with E-state index in [-0.39, 0.29) is 23.6 Å². The zero-order chi connectivity index (χ0) is 25.2. The number of rotatable bonds is 6. The number of hydrogen-bond acceptors (Lipinski definition) is 8. The molecule has 0 aromatic carbocycles. The molecule has 0 amide bonds. The van der Waals surface area contributed by atoms with E-state index in [1.807, 2.05) is 26.8 Å². The van der Waals surface area contributed by atoms with Crippen molar-refractivity contribution < 1.29 is 38.1 Å². The van der Waals surface area contributed by atoms with Gasteiger partial charge in [-0.05, 0) is 39.7 Å². The summed E-state index contributed by atoms with van der Waals surface area (Å²) in [5.41, 5.74) is 2.36. The molecule has 0 saturated carbocycles. The number of carbonyl (C=O) groups is 3. The lowest BCUT2D eigenvalue weighted by Crippen LogP contribution is -2.42. The van der Waals surface area contributed by atoms with Gasteiger partial charge in [-0.2, -0.15) is 0 Å². The van der Waals surface area contributed by atoms with E-state index in [4.69, 9.17) is 23.7 Å². The number of epoxide rings is 1. The normalized spacial score (nSPS) is 32.6. The predicted octanol–water partition coefficient (Wildman–Crippen LogP) is 4.14. The molecule has 0 spiro atoms. The van der Waals surface area contributed by atoms with E-state index in [2.05, 4.69) is 6.58 Å². The van der Waals surface area contributed by atoms with Crippen LogP contribution in [0.2, 0.25) is 0 Å². The maximum atomic E-state index is 12.0. The zero-order valence-electron chi connectivity index (χ0n) is 20.9. The Morgan fingerprint density at radius 2 is 1.79 bits per heavy atom. The van der Waals surface area contributed by atoms with Crippen molar-refractivity contribution in [2.45, 2.75) is 97.4 Å². The van der Waals surface area contributed by atoms with Gasteiger partial charge in [-0.3, -0.25) is 14.4 Å². The number of hydrogen-bond donors (Lipinski definition) is 0. The van der Waals surface area contributed by atoms with Crippen molar-refractivity contribution in [2.75, 3.05) is 0 Å². The fourth-order valence-corrected chi connectivity index (χ4v) is 4.95. The number of esters is 3. The predicted molar refractivity (Wildman–Crippen MR) is 123 cm³/mol. The number of allylic oxidation sites excluding steroid dienone is 1. The molecule has 3 rings (SSSR count). The second-order valence-corrected chi connectivity index (χ2v) is 9.97. The minimum absolute atomic E-state index is 0.0445. The summed E-state index contributed by atoms with van der Waals surface area (Å²) in [4.78, 5) is 35.5. The molecule has 2 heterocycles. The molecule has 2 aliphatic heterocycles. The van der Waals surface area contributed by atoms with Gasteiger partial charge in [0.05, 0.1) is 23.9 Å². The molecule has 0 aromatic rings. The van der Waals surface area contributed by atoms with E-state index in [1.165, 1.54) is 20.8 Å². The van der Waals surface area contributed by atoms with E-state index in [1.54, 1.807) is 6.26 Å². The van der Waals surface area contributed by atoms with E-state index >= 15 is 0 Å². The van der Waals surface area contributed by atoms with Crippen molar-refractivity contribution in [3.63, 3.8) is 0 Å². The van der Waals surface area contributed by atoms with E-state index in [0.29, 0.717) is 25.7 Å². The van der Waals surface area contributed by atoms with Gasteiger partial charge in [-0.25, -0.2) is 0 Å². The highest BCUT2D eigenvalue weighted by atomic mass is 16.7. The molecule has 3 aliphatic rings. The van der Waals surface area contributed by atoms with Gasteiger partial charge in [0, 0.05) is 45.1 Å². The average molecular weight is 477 g/mol. The molecule has 0 aromatic heterocycles. The first-order valence-corrected chi connectivity index (χ1v) is 11.8. The fraction of sp³-hybridized carbons (Fsp3) is 0.654. The third-order valence-corrected chi connectivity index (χ3v) is 6.62. The van der Waals surface area contributed by atoms with Crippen LogP contribution in [-0.2, 0) is 38.1 Å². The lowest BCUT2D eigenvalue weighted by molar-refractivity contribution is -0.181. The van der Waals surface area contributed by atoms with Gasteiger partial charge in [-0.15, -0.1) is 0 Å². The Balaban J connectivity index is 1.97. The Morgan fingerprint density at radius 3 is 2.35 bits per heavy atom. The summed E-state index contributed by atoms with van der Waals surface area (Å²) >= 11 is 0. The SMILES string of the molecule is C=C1CC(OC(C)=O)/C=C(\C)CCC2C(C(CC3OC3(C)C)OC(C)=O)=COC(OC(C)=O)C12. The maximum absolute atomic E-state index is 12.0. The van der Waals surface area contributed by atoms with Gasteiger partial charge in [0.2, 0.25) is 6.29 Å². The van der Waals surface area contributed by atoms with Crippen LogP contribution >= 0.6 is 0 Å². The van der Waals surface area contributed by atoms with Crippen LogP contribution < -0.4 is 0 Å². The van der Waals surface area contributed by atoms with Crippen molar-refractivity contribution in [3.8, 4) is 0 Å². The van der Waals surface area contributed by atoms with E-state index in [0.717, 1.165) is 16.7 Å². The molecular weight excluding hydrogens is 440 g/mol. The van der Waals surface area contributed by atoms with Crippen LogP contribution in [-0.4, -0.2) is 48.1 Å². The molecule has 8 heteroatoms. The molecule has 6 unspecified atom stereocenters. The summed E-state index contributed by atoms with van der Waals surface area (Å²) < 4.78 is 28.5. The molecule has 1 aliphatic carbocycles. The van der Waals surface area contributed by atoms with Crippen molar-refractivity contribution in [1.29, 1.82) is 0 Å². The Hall–Kier alpha value is -2.61. The topological polar surface area (TPSA) is 101 Å². The van der Waals surface area contributed by atoms with Crippen molar-refractivity contribution in [1.82, 2.24) is 0 Å². The van der Waals surface area contributed by atoms with E-state index < -0.39 is 36.4 Å². The largest absolute Gasteiger partial charge is 0.462 e. The minimum atomic E-state index is -0.873. The second kappa shape index (κ2) is 10.3. The maximum Gasteiger partial charge on any atom is 0.305 e. The van der Waals surface area contributed by atoms with Crippen LogP contribution in [0, 0.1) is 11.8 Å². The van der Waals surface area contributed by atoms with Crippen molar-refractivity contribution in [2.24, 2.45) is 11.8 Å². The third kappa shape index (κ3) is 6.50. The van der Waals surface area contributed by atoms with Gasteiger partial charge in [-0.1, -0.05) is 17.7 Å². The van der Waals surface area contributed by atoms with Gasteiger partial charge >= 0.3 is 17.9 Å². The molecule has 0 radical (unpaired) electrons. The highest BCUT2D eigenvalue weighted by Gasteiger charge is 2.51. The second-order valence-electron chi connectivity index (χ2n) is 9.97. The average Bonchev–Trinajstić information content (AvgIpc) is 3.27. The summed E-state index contributed by atoms with van der Waals surface area (Å²) in [7, 11) is 0. The minimum Gasteiger partial charge on any atom is -0.462 e. The Bertz CT molecular complexity index is 898. The van der Waals surface area contributed by atoms with Gasteiger partial charge in [0.25, 0.3) is 0 Å². The first kappa shape index (κ1) is 26.0. The highest BCUT2D eigenvalue weighted by Crippen LogP contribution is 2.46. The standard InChI is InChI=1S/C26H36O8/c1-14-8-9-20-21(22(32-17(4)28)12-23-26(6,7)34-23)13-30-25(33-18(5)29)24(20)15(2)11-19(10-14)31-16(3)27/h10,13,19-20,22-25H,2,8-9,11-12H2,1,3-7H3/b14-10+. The Morgan fingerprint density at radius 1 is 1.15 bits per heavy atom. The fourth-order valence-electron chi connectivity index (χ4n) is 4.95. The molecule has 0 bridgehead atoms. The Kier molecular flexibility index (Phi) is 7.91. The van der Waals surface area contributed by atoms with Crippen LogP contribution in [0.1, 0.15) is 67.2 Å². The van der Waals surface area contributed by atoms with Gasteiger partial charge < -0.3 is 23.7 Å². The highest BCUT2D eigenvalue weighted by molar-refractivity contribution is 5.67. The summed E-state index contributed by atoms with van der Waals surface area (Å²) in [5, 5.41) is 0. The number of ether oxygens (including phenoxy) is 5. The zero-order valence-corrected chi connectivity index (χ0v) is 20.9. The summed E-state index contributed by atoms with van der Waals surface area (Å²) in [6.07, 6.45) is 3.86. The lowest BCUT2D eigenvalue weighted by atomic mass is 9.74. The third-order valence-electron chi connectivity index (χ3n) is 6.62. The first-order valence-electron chi connectivity index (χ1n) is 11.8. The van der Waals surface area contributed by atoms with Crippen LogP contribution in [0.15, 0.2) is 35.6 Å². The smallest absolute Gasteiger partial charge is 0.305 e. The molecule has 0 N–H and O–H groups in total. The molecule has 1 saturated heterocycles. The van der Waals surface area contributed by atoms with Gasteiger partial charge in [0.1, 0.15) is 12.2 Å². The first-order chi connectivity index (χ1) is 15.9. The van der Waals surface area contributed by atoms with Crippen LogP contribution in [0.25, 0.3) is 0 Å². The van der Waals surface area contributed by atoms with Crippen molar-refractivity contribution in [3.05, 3.63) is 35.6 Å². The molecule has 1 fully saturated rings. The number of fused-ring (bicyclic) bond motifs is 1.